The Bertz CT molecular complexity index is 748. The monoisotopic (exact) mass is 471 g/mol. The van der Waals surface area contributed by atoms with Crippen molar-refractivity contribution in [1.82, 2.24) is 5.32 Å². The zero-order chi connectivity index (χ0) is 22.0. The maximum Gasteiger partial charge on any atom is 0.328 e. The molecular formula is C20H26BrNO7. The Morgan fingerprint density at radius 1 is 1.10 bits per heavy atom. The van der Waals surface area contributed by atoms with Crippen molar-refractivity contribution < 1.29 is 33.4 Å². The number of benzene rings is 1. The molecule has 1 rings (SSSR count). The van der Waals surface area contributed by atoms with E-state index in [0.717, 1.165) is 0 Å². The number of halogens is 1. The minimum atomic E-state index is -0.809. The number of ether oxygens (including phenoxy) is 3. The van der Waals surface area contributed by atoms with Crippen LogP contribution in [0.1, 0.15) is 43.5 Å². The van der Waals surface area contributed by atoms with Crippen LogP contribution in [0.2, 0.25) is 0 Å². The number of rotatable bonds is 11. The van der Waals surface area contributed by atoms with Crippen LogP contribution in [-0.4, -0.2) is 50.5 Å². The van der Waals surface area contributed by atoms with Gasteiger partial charge in [-0.25, -0.2) is 4.79 Å². The highest BCUT2D eigenvalue weighted by molar-refractivity contribution is 9.10. The summed E-state index contributed by atoms with van der Waals surface area (Å²) in [6, 6.07) is 4.19. The number of Topliss-reactive ketones (excluding diaryl/α,β-unsaturated/α-hetero) is 1. The maximum atomic E-state index is 12.3. The lowest BCUT2D eigenvalue weighted by molar-refractivity contribution is -0.150. The summed E-state index contributed by atoms with van der Waals surface area (Å²) in [4.78, 5) is 47.9. The lowest BCUT2D eigenvalue weighted by Gasteiger charge is -2.18. The van der Waals surface area contributed by atoms with E-state index < -0.39 is 30.5 Å². The van der Waals surface area contributed by atoms with Crippen molar-refractivity contribution in [3.05, 3.63) is 28.2 Å². The van der Waals surface area contributed by atoms with E-state index in [2.05, 4.69) is 26.0 Å². The van der Waals surface area contributed by atoms with E-state index in [1.165, 1.54) is 14.2 Å². The predicted octanol–water partition coefficient (Wildman–Crippen LogP) is 2.67. The summed E-state index contributed by atoms with van der Waals surface area (Å²) >= 11 is 3.29. The zero-order valence-corrected chi connectivity index (χ0v) is 18.5. The number of ketones is 1. The normalized spacial score (nSPS) is 11.5. The minimum Gasteiger partial charge on any atom is -0.496 e. The summed E-state index contributed by atoms with van der Waals surface area (Å²) < 4.78 is 15.4. The fourth-order valence-electron chi connectivity index (χ4n) is 2.53. The molecule has 1 N–H and O–H groups in total. The number of methoxy groups -OCH3 is 2. The molecule has 0 aliphatic rings. The van der Waals surface area contributed by atoms with Gasteiger partial charge in [0.2, 0.25) is 0 Å². The van der Waals surface area contributed by atoms with Crippen LogP contribution in [0.4, 0.5) is 0 Å². The Labute approximate surface area is 178 Å². The van der Waals surface area contributed by atoms with Crippen LogP contribution in [0.3, 0.4) is 0 Å². The molecule has 0 saturated heterocycles. The second-order valence-electron chi connectivity index (χ2n) is 6.70. The van der Waals surface area contributed by atoms with Crippen LogP contribution < -0.4 is 10.1 Å². The number of carbonyl (C=O) groups is 4. The molecule has 8 nitrogen and oxygen atoms in total. The van der Waals surface area contributed by atoms with Gasteiger partial charge in [0.1, 0.15) is 11.8 Å². The van der Waals surface area contributed by atoms with Crippen molar-refractivity contribution in [2.24, 2.45) is 5.92 Å². The van der Waals surface area contributed by atoms with Crippen molar-refractivity contribution in [2.45, 2.75) is 39.2 Å². The lowest BCUT2D eigenvalue weighted by atomic mass is 10.0. The Hall–Kier alpha value is -2.42. The Kier molecular flexibility index (Phi) is 10.4. The fraction of sp³-hybridized carbons (Fsp3) is 0.500. The highest BCUT2D eigenvalue weighted by Gasteiger charge is 2.23. The molecule has 9 heteroatoms. The van der Waals surface area contributed by atoms with Gasteiger partial charge in [0.25, 0.3) is 5.91 Å². The lowest BCUT2D eigenvalue weighted by Crippen LogP contribution is -2.44. The summed E-state index contributed by atoms with van der Waals surface area (Å²) in [5.74, 6) is -1.59. The molecule has 160 valence electrons. The predicted molar refractivity (Wildman–Crippen MR) is 109 cm³/mol. The number of hydrogen-bond acceptors (Lipinski definition) is 7. The molecule has 0 saturated carbocycles. The zero-order valence-electron chi connectivity index (χ0n) is 17.0. The van der Waals surface area contributed by atoms with Gasteiger partial charge in [0, 0.05) is 10.9 Å². The van der Waals surface area contributed by atoms with Gasteiger partial charge >= 0.3 is 11.9 Å². The first-order valence-corrected chi connectivity index (χ1v) is 9.86. The van der Waals surface area contributed by atoms with Gasteiger partial charge in [-0.3, -0.25) is 14.4 Å². The van der Waals surface area contributed by atoms with Crippen molar-refractivity contribution in [1.29, 1.82) is 0 Å². The van der Waals surface area contributed by atoms with E-state index in [1.807, 2.05) is 13.8 Å². The van der Waals surface area contributed by atoms with E-state index in [9.17, 15) is 19.2 Å². The molecule has 0 radical (unpaired) electrons. The number of esters is 2. The standard InChI is InChI=1S/C20H26BrNO7/c1-12(2)9-15(20(26)28-4)22-18(24)11-29-19(25)8-6-16(23)14-10-13(21)5-7-17(14)27-3/h5,7,10,12,15H,6,8-9,11H2,1-4H3,(H,22,24). The Morgan fingerprint density at radius 2 is 1.79 bits per heavy atom. The van der Waals surface area contributed by atoms with Gasteiger partial charge in [-0.1, -0.05) is 29.8 Å². The SMILES string of the molecule is COC(=O)C(CC(C)C)NC(=O)COC(=O)CCC(=O)c1cc(Br)ccc1OC. The van der Waals surface area contributed by atoms with Crippen LogP contribution in [0.15, 0.2) is 22.7 Å². The van der Waals surface area contributed by atoms with E-state index >= 15 is 0 Å². The summed E-state index contributed by atoms with van der Waals surface area (Å²) in [7, 11) is 2.69. The topological polar surface area (TPSA) is 108 Å². The largest absolute Gasteiger partial charge is 0.496 e. The average Bonchev–Trinajstić information content (AvgIpc) is 2.68. The van der Waals surface area contributed by atoms with E-state index in [0.29, 0.717) is 22.2 Å². The first-order valence-electron chi connectivity index (χ1n) is 9.07. The molecule has 0 heterocycles. The molecule has 1 amide bonds. The quantitative estimate of drug-likeness (QED) is 0.390. The number of carbonyl (C=O) groups excluding carboxylic acids is 4. The van der Waals surface area contributed by atoms with Crippen molar-refractivity contribution in [2.75, 3.05) is 20.8 Å². The van der Waals surface area contributed by atoms with Crippen LogP contribution in [0.25, 0.3) is 0 Å². The van der Waals surface area contributed by atoms with Gasteiger partial charge in [0.15, 0.2) is 12.4 Å². The van der Waals surface area contributed by atoms with Crippen LogP contribution >= 0.6 is 15.9 Å². The van der Waals surface area contributed by atoms with E-state index in [1.54, 1.807) is 18.2 Å². The molecule has 0 fully saturated rings. The molecule has 0 aliphatic heterocycles. The summed E-state index contributed by atoms with van der Waals surface area (Å²) in [5.41, 5.74) is 0.349. The third kappa shape index (κ3) is 8.64. The Balaban J connectivity index is 2.50. The van der Waals surface area contributed by atoms with Crippen LogP contribution in [0.5, 0.6) is 5.75 Å². The van der Waals surface area contributed by atoms with Crippen molar-refractivity contribution in [3.63, 3.8) is 0 Å². The highest BCUT2D eigenvalue weighted by Crippen LogP contribution is 2.24. The number of amides is 1. The van der Waals surface area contributed by atoms with Gasteiger partial charge < -0.3 is 19.5 Å². The molecule has 1 aromatic rings. The number of nitrogens with one attached hydrogen (secondary N) is 1. The van der Waals surface area contributed by atoms with Crippen molar-refractivity contribution in [3.8, 4) is 5.75 Å². The first kappa shape index (κ1) is 24.6. The van der Waals surface area contributed by atoms with Gasteiger partial charge in [-0.05, 0) is 30.5 Å². The van der Waals surface area contributed by atoms with E-state index in [4.69, 9.17) is 9.47 Å². The first-order chi connectivity index (χ1) is 13.7. The second-order valence-corrected chi connectivity index (χ2v) is 7.62. The fourth-order valence-corrected chi connectivity index (χ4v) is 2.89. The minimum absolute atomic E-state index is 0.0919. The van der Waals surface area contributed by atoms with E-state index in [-0.39, 0.29) is 24.5 Å². The molecule has 0 aromatic heterocycles. The molecular weight excluding hydrogens is 446 g/mol. The van der Waals surface area contributed by atoms with Gasteiger partial charge in [0.05, 0.1) is 26.2 Å². The second kappa shape index (κ2) is 12.2. The molecule has 29 heavy (non-hydrogen) atoms. The molecule has 1 aromatic carbocycles. The Morgan fingerprint density at radius 3 is 2.38 bits per heavy atom. The smallest absolute Gasteiger partial charge is 0.328 e. The maximum absolute atomic E-state index is 12.3. The summed E-state index contributed by atoms with van der Waals surface area (Å²) in [6.07, 6.45) is 0.120. The summed E-state index contributed by atoms with van der Waals surface area (Å²) in [5, 5.41) is 2.49. The third-order valence-corrected chi connectivity index (χ3v) is 4.40. The molecule has 1 unspecified atom stereocenters. The molecule has 0 bridgehead atoms. The molecule has 0 aliphatic carbocycles. The van der Waals surface area contributed by atoms with Crippen molar-refractivity contribution >= 4 is 39.6 Å². The summed E-state index contributed by atoms with van der Waals surface area (Å²) in [6.45, 7) is 3.26. The average molecular weight is 472 g/mol. The highest BCUT2D eigenvalue weighted by atomic mass is 79.9. The third-order valence-electron chi connectivity index (χ3n) is 3.91. The number of hydrogen-bond donors (Lipinski definition) is 1. The molecule has 1 atom stereocenters. The van der Waals surface area contributed by atoms with Crippen LogP contribution in [-0.2, 0) is 23.9 Å². The van der Waals surface area contributed by atoms with Gasteiger partial charge in [-0.2, -0.15) is 0 Å². The van der Waals surface area contributed by atoms with Gasteiger partial charge in [-0.15, -0.1) is 0 Å². The van der Waals surface area contributed by atoms with Crippen LogP contribution in [0, 0.1) is 5.92 Å². The molecule has 0 spiro atoms.